The normalized spacial score (nSPS) is 9.81. The molecule has 78 valence electrons. The molecule has 1 aromatic heterocycles. The first kappa shape index (κ1) is 10.3. The fourth-order valence-electron chi connectivity index (χ4n) is 1.66. The third-order valence-corrected chi connectivity index (χ3v) is 2.41. The third kappa shape index (κ3) is 1.91. The predicted octanol–water partition coefficient (Wildman–Crippen LogP) is 2.63. The number of hydrogen-bond acceptors (Lipinski definition) is 3. The van der Waals surface area contributed by atoms with Crippen molar-refractivity contribution in [2.45, 2.75) is 13.8 Å². The Morgan fingerprint density at radius 2 is 2.00 bits per heavy atom. The monoisotopic (exact) mass is 209 g/mol. The van der Waals surface area contributed by atoms with Crippen molar-refractivity contribution < 1.29 is 0 Å². The molecule has 3 heteroatoms. The first-order valence-corrected chi connectivity index (χ1v) is 5.01. The van der Waals surface area contributed by atoms with Crippen LogP contribution in [-0.2, 0) is 0 Å². The number of aromatic nitrogens is 2. The summed E-state index contributed by atoms with van der Waals surface area (Å²) in [5.41, 5.74) is 4.21. The van der Waals surface area contributed by atoms with Gasteiger partial charge in [-0.1, -0.05) is 23.8 Å². The lowest BCUT2D eigenvalue weighted by molar-refractivity contribution is 1.11. The van der Waals surface area contributed by atoms with Crippen LogP contribution in [0.1, 0.15) is 17.0 Å². The van der Waals surface area contributed by atoms with E-state index in [1.165, 1.54) is 5.56 Å². The average Bonchev–Trinajstić information content (AvgIpc) is 2.29. The summed E-state index contributed by atoms with van der Waals surface area (Å²) in [5, 5.41) is 8.75. The van der Waals surface area contributed by atoms with Crippen LogP contribution in [0.2, 0.25) is 0 Å². The summed E-state index contributed by atoms with van der Waals surface area (Å²) >= 11 is 0. The van der Waals surface area contributed by atoms with Crippen LogP contribution in [0.5, 0.6) is 0 Å². The molecule has 0 saturated heterocycles. The Morgan fingerprint density at radius 3 is 2.69 bits per heavy atom. The van der Waals surface area contributed by atoms with E-state index in [4.69, 9.17) is 5.26 Å². The van der Waals surface area contributed by atoms with Gasteiger partial charge in [-0.3, -0.25) is 0 Å². The van der Waals surface area contributed by atoms with Gasteiger partial charge in [-0.05, 0) is 25.5 Å². The number of nitriles is 1. The van der Waals surface area contributed by atoms with Crippen LogP contribution in [0.25, 0.3) is 11.3 Å². The molecule has 0 unspecified atom stereocenters. The standard InChI is InChI=1S/C13H11N3/c1-9-3-4-11(10(2)7-9)12-5-6-15-13(8-14)16-12/h3-7H,1-2H3. The summed E-state index contributed by atoms with van der Waals surface area (Å²) in [6.07, 6.45) is 1.61. The smallest absolute Gasteiger partial charge is 0.227 e. The minimum Gasteiger partial charge on any atom is -0.227 e. The summed E-state index contributed by atoms with van der Waals surface area (Å²) in [4.78, 5) is 8.04. The van der Waals surface area contributed by atoms with Gasteiger partial charge in [-0.2, -0.15) is 5.26 Å². The second-order valence-corrected chi connectivity index (χ2v) is 3.70. The van der Waals surface area contributed by atoms with Crippen molar-refractivity contribution in [2.24, 2.45) is 0 Å². The summed E-state index contributed by atoms with van der Waals surface area (Å²) in [6, 6.07) is 9.92. The Labute approximate surface area is 94.4 Å². The zero-order valence-electron chi connectivity index (χ0n) is 9.23. The Bertz CT molecular complexity index is 568. The van der Waals surface area contributed by atoms with Crippen molar-refractivity contribution in [3.05, 3.63) is 47.4 Å². The van der Waals surface area contributed by atoms with E-state index in [2.05, 4.69) is 23.0 Å². The molecule has 0 fully saturated rings. The SMILES string of the molecule is Cc1ccc(-c2ccnc(C#N)n2)c(C)c1. The lowest BCUT2D eigenvalue weighted by atomic mass is 10.0. The summed E-state index contributed by atoms with van der Waals surface area (Å²) < 4.78 is 0. The molecule has 0 aliphatic heterocycles. The number of nitrogens with zero attached hydrogens (tertiary/aromatic N) is 3. The highest BCUT2D eigenvalue weighted by Crippen LogP contribution is 2.21. The summed E-state index contributed by atoms with van der Waals surface area (Å²) in [5.74, 6) is 0.206. The molecule has 16 heavy (non-hydrogen) atoms. The van der Waals surface area contributed by atoms with Crippen molar-refractivity contribution in [1.82, 2.24) is 9.97 Å². The molecule has 0 aliphatic carbocycles. The molecule has 0 bridgehead atoms. The van der Waals surface area contributed by atoms with Gasteiger partial charge in [0.05, 0.1) is 5.69 Å². The molecule has 0 aliphatic rings. The maximum Gasteiger partial charge on any atom is 0.232 e. The number of aryl methyl sites for hydroxylation is 2. The van der Waals surface area contributed by atoms with Crippen LogP contribution < -0.4 is 0 Å². The van der Waals surface area contributed by atoms with E-state index in [1.807, 2.05) is 31.2 Å². The fourth-order valence-corrected chi connectivity index (χ4v) is 1.66. The van der Waals surface area contributed by atoms with Crippen molar-refractivity contribution in [2.75, 3.05) is 0 Å². The van der Waals surface area contributed by atoms with Crippen LogP contribution in [0.15, 0.2) is 30.5 Å². The van der Waals surface area contributed by atoms with E-state index >= 15 is 0 Å². The van der Waals surface area contributed by atoms with Gasteiger partial charge in [-0.25, -0.2) is 9.97 Å². The molecular weight excluding hydrogens is 198 g/mol. The van der Waals surface area contributed by atoms with Crippen LogP contribution >= 0.6 is 0 Å². The number of hydrogen-bond donors (Lipinski definition) is 0. The zero-order chi connectivity index (χ0) is 11.5. The Hall–Kier alpha value is -2.21. The predicted molar refractivity (Wildman–Crippen MR) is 61.7 cm³/mol. The van der Waals surface area contributed by atoms with Gasteiger partial charge in [-0.15, -0.1) is 0 Å². The van der Waals surface area contributed by atoms with Gasteiger partial charge in [0, 0.05) is 11.8 Å². The van der Waals surface area contributed by atoms with Gasteiger partial charge in [0.2, 0.25) is 5.82 Å². The number of benzene rings is 1. The first-order chi connectivity index (χ1) is 7.70. The van der Waals surface area contributed by atoms with E-state index in [1.54, 1.807) is 6.20 Å². The topological polar surface area (TPSA) is 49.6 Å². The molecule has 2 rings (SSSR count). The zero-order valence-corrected chi connectivity index (χ0v) is 9.23. The van der Waals surface area contributed by atoms with Crippen LogP contribution in [0.4, 0.5) is 0 Å². The van der Waals surface area contributed by atoms with Gasteiger partial charge >= 0.3 is 0 Å². The minimum absolute atomic E-state index is 0.206. The molecule has 0 spiro atoms. The molecule has 3 nitrogen and oxygen atoms in total. The van der Waals surface area contributed by atoms with Crippen molar-refractivity contribution in [1.29, 1.82) is 5.26 Å². The van der Waals surface area contributed by atoms with E-state index in [0.29, 0.717) is 0 Å². The molecular formula is C13H11N3. The highest BCUT2D eigenvalue weighted by atomic mass is 14.9. The molecule has 0 radical (unpaired) electrons. The Balaban J connectivity index is 2.55. The maximum absolute atomic E-state index is 8.75. The largest absolute Gasteiger partial charge is 0.232 e. The van der Waals surface area contributed by atoms with Gasteiger partial charge in [0.25, 0.3) is 0 Å². The lowest BCUT2D eigenvalue weighted by Crippen LogP contribution is -1.93. The highest BCUT2D eigenvalue weighted by molar-refractivity contribution is 5.63. The van der Waals surface area contributed by atoms with Gasteiger partial charge in [0.1, 0.15) is 6.07 Å². The maximum atomic E-state index is 8.75. The van der Waals surface area contributed by atoms with Crippen LogP contribution in [-0.4, -0.2) is 9.97 Å². The molecule has 2 aromatic rings. The van der Waals surface area contributed by atoms with Crippen molar-refractivity contribution >= 4 is 0 Å². The van der Waals surface area contributed by atoms with E-state index < -0.39 is 0 Å². The van der Waals surface area contributed by atoms with Gasteiger partial charge < -0.3 is 0 Å². The number of rotatable bonds is 1. The Morgan fingerprint density at radius 1 is 1.19 bits per heavy atom. The quantitative estimate of drug-likeness (QED) is 0.725. The third-order valence-electron chi connectivity index (χ3n) is 2.41. The van der Waals surface area contributed by atoms with Crippen molar-refractivity contribution in [3.63, 3.8) is 0 Å². The average molecular weight is 209 g/mol. The Kier molecular flexibility index (Phi) is 2.65. The second-order valence-electron chi connectivity index (χ2n) is 3.70. The molecule has 0 amide bonds. The minimum atomic E-state index is 0.206. The highest BCUT2D eigenvalue weighted by Gasteiger charge is 2.04. The summed E-state index contributed by atoms with van der Waals surface area (Å²) in [6.45, 7) is 4.09. The summed E-state index contributed by atoms with van der Waals surface area (Å²) in [7, 11) is 0. The van der Waals surface area contributed by atoms with Crippen molar-refractivity contribution in [3.8, 4) is 17.3 Å². The molecule has 1 aromatic carbocycles. The fraction of sp³-hybridized carbons (Fsp3) is 0.154. The second kappa shape index (κ2) is 4.11. The van der Waals surface area contributed by atoms with Crippen LogP contribution in [0, 0.1) is 25.2 Å². The van der Waals surface area contributed by atoms with E-state index in [0.717, 1.165) is 16.8 Å². The van der Waals surface area contributed by atoms with Crippen LogP contribution in [0.3, 0.4) is 0 Å². The van der Waals surface area contributed by atoms with E-state index in [9.17, 15) is 0 Å². The van der Waals surface area contributed by atoms with Gasteiger partial charge in [0.15, 0.2) is 0 Å². The molecule has 0 atom stereocenters. The lowest BCUT2D eigenvalue weighted by Gasteiger charge is -2.05. The molecule has 0 N–H and O–H groups in total. The van der Waals surface area contributed by atoms with E-state index in [-0.39, 0.29) is 5.82 Å². The molecule has 1 heterocycles. The molecule has 0 saturated carbocycles. The first-order valence-electron chi connectivity index (χ1n) is 5.01.